The number of halogens is 2. The molecule has 5 rings (SSSR count). The summed E-state index contributed by atoms with van der Waals surface area (Å²) in [7, 11) is -3.77. The summed E-state index contributed by atoms with van der Waals surface area (Å²) in [5, 5.41) is 14.4. The number of pyridine rings is 2. The number of carboxylic acids is 1. The normalized spacial score (nSPS) is 13.8. The maximum Gasteiger partial charge on any atom is 0.340 e. The topological polar surface area (TPSA) is 114 Å². The van der Waals surface area contributed by atoms with E-state index in [1.807, 2.05) is 0 Å². The van der Waals surface area contributed by atoms with Crippen molar-refractivity contribution in [1.29, 1.82) is 0 Å². The number of aromatic carboxylic acids is 1. The summed E-state index contributed by atoms with van der Waals surface area (Å²) in [6.45, 7) is 0. The molecule has 35 heavy (non-hydrogen) atoms. The molecule has 1 aliphatic rings. The number of benzene rings is 1. The summed E-state index contributed by atoms with van der Waals surface area (Å²) < 4.78 is 44.0. The Morgan fingerprint density at radius 2 is 1.94 bits per heavy atom. The molecule has 3 aromatic heterocycles. The minimum absolute atomic E-state index is 0.0461. The lowest BCUT2D eigenvalue weighted by molar-refractivity contribution is 0.0699. The average Bonchev–Trinajstić information content (AvgIpc) is 3.59. The first-order chi connectivity index (χ1) is 16.7. The highest BCUT2D eigenvalue weighted by molar-refractivity contribution is 9.10. The van der Waals surface area contributed by atoms with Crippen LogP contribution < -0.4 is 4.72 Å². The molecule has 0 amide bonds. The molecule has 1 aliphatic carbocycles. The van der Waals surface area contributed by atoms with Crippen LogP contribution in [0.25, 0.3) is 16.8 Å². The third-order valence-corrected chi connectivity index (χ3v) is 7.81. The molecule has 2 N–H and O–H groups in total. The van der Waals surface area contributed by atoms with Gasteiger partial charge in [0, 0.05) is 18.0 Å². The Bertz CT molecular complexity index is 1550. The molecular weight excluding hydrogens is 539 g/mol. The molecule has 1 saturated carbocycles. The Hall–Kier alpha value is -3.31. The molecule has 1 fully saturated rings. The fourth-order valence-corrected chi connectivity index (χ4v) is 5.37. The van der Waals surface area contributed by atoms with Gasteiger partial charge in [-0.25, -0.2) is 22.1 Å². The maximum atomic E-state index is 13.8. The number of sulfonamides is 1. The zero-order valence-corrected chi connectivity index (χ0v) is 20.7. The van der Waals surface area contributed by atoms with Gasteiger partial charge in [0.05, 0.1) is 27.6 Å². The highest BCUT2D eigenvalue weighted by Gasteiger charge is 2.30. The van der Waals surface area contributed by atoms with Crippen molar-refractivity contribution in [3.8, 4) is 11.3 Å². The number of anilines is 1. The van der Waals surface area contributed by atoms with Gasteiger partial charge in [0.25, 0.3) is 0 Å². The number of hydrogen-bond donors (Lipinski definition) is 2. The average molecular weight is 559 g/mol. The van der Waals surface area contributed by atoms with Gasteiger partial charge in [-0.15, -0.1) is 0 Å². The highest BCUT2D eigenvalue weighted by atomic mass is 79.9. The van der Waals surface area contributed by atoms with Crippen LogP contribution in [0, 0.1) is 5.82 Å². The second-order valence-electron chi connectivity index (χ2n) is 8.43. The quantitative estimate of drug-likeness (QED) is 0.319. The third-order valence-electron chi connectivity index (χ3n) is 5.90. The smallest absolute Gasteiger partial charge is 0.340 e. The second kappa shape index (κ2) is 9.04. The number of fused-ring (bicyclic) bond motifs is 1. The number of carboxylic acid groups (broad SMARTS) is 1. The molecule has 0 saturated heterocycles. The van der Waals surface area contributed by atoms with Crippen molar-refractivity contribution in [1.82, 2.24) is 14.6 Å². The molecule has 11 heteroatoms. The number of hydrogen-bond acceptors (Lipinski definition) is 5. The van der Waals surface area contributed by atoms with E-state index in [0.717, 1.165) is 18.4 Å². The van der Waals surface area contributed by atoms with Crippen molar-refractivity contribution in [2.24, 2.45) is 0 Å². The zero-order valence-electron chi connectivity index (χ0n) is 18.3. The number of nitrogens with one attached hydrogen (secondary N) is 1. The first-order valence-corrected chi connectivity index (χ1v) is 13.3. The number of aryl methyl sites for hydroxylation is 1. The van der Waals surface area contributed by atoms with E-state index in [9.17, 15) is 22.7 Å². The van der Waals surface area contributed by atoms with Crippen molar-refractivity contribution in [2.75, 3.05) is 10.5 Å². The van der Waals surface area contributed by atoms with Gasteiger partial charge in [0.15, 0.2) is 0 Å². The van der Waals surface area contributed by atoms with E-state index in [1.165, 1.54) is 16.8 Å². The van der Waals surface area contributed by atoms with Crippen LogP contribution in [0.1, 0.15) is 40.2 Å². The molecular formula is C24H20BrFN4O4S. The van der Waals surface area contributed by atoms with E-state index in [0.29, 0.717) is 26.8 Å². The van der Waals surface area contributed by atoms with Crippen LogP contribution in [-0.4, -0.2) is 39.8 Å². The molecule has 0 radical (unpaired) electrons. The van der Waals surface area contributed by atoms with E-state index in [2.05, 4.69) is 30.7 Å². The van der Waals surface area contributed by atoms with Crippen LogP contribution >= 0.6 is 15.9 Å². The summed E-state index contributed by atoms with van der Waals surface area (Å²) >= 11 is 3.09. The van der Waals surface area contributed by atoms with Crippen LogP contribution in [0.3, 0.4) is 0 Å². The Balaban J connectivity index is 1.50. The summed E-state index contributed by atoms with van der Waals surface area (Å²) in [5.41, 5.74) is 2.97. The summed E-state index contributed by atoms with van der Waals surface area (Å²) in [6, 6.07) is 9.57. The number of nitrogens with zero attached hydrogens (tertiary/aromatic N) is 3. The number of rotatable bonds is 8. The largest absolute Gasteiger partial charge is 0.478 e. The SMILES string of the molecule is O=C(O)c1c(-c2ccncc2)nn2cc(NS(=O)(=O)CCc3ccc(Br)c(F)c3)c(C3CC3)cc12. The molecule has 0 atom stereocenters. The summed E-state index contributed by atoms with van der Waals surface area (Å²) in [6.07, 6.45) is 6.54. The Morgan fingerprint density at radius 1 is 1.20 bits per heavy atom. The van der Waals surface area contributed by atoms with Gasteiger partial charge in [0.2, 0.25) is 10.0 Å². The van der Waals surface area contributed by atoms with Crippen molar-refractivity contribution in [2.45, 2.75) is 25.2 Å². The van der Waals surface area contributed by atoms with Crippen LogP contribution in [0.5, 0.6) is 0 Å². The maximum absolute atomic E-state index is 13.8. The van der Waals surface area contributed by atoms with E-state index in [-0.39, 0.29) is 29.3 Å². The predicted molar refractivity (Wildman–Crippen MR) is 133 cm³/mol. The molecule has 3 heterocycles. The van der Waals surface area contributed by atoms with Gasteiger partial charge >= 0.3 is 5.97 Å². The van der Waals surface area contributed by atoms with Crippen LogP contribution in [0.2, 0.25) is 0 Å². The van der Waals surface area contributed by atoms with E-state index >= 15 is 0 Å². The Kier molecular flexibility index (Phi) is 6.06. The van der Waals surface area contributed by atoms with E-state index in [1.54, 1.807) is 42.7 Å². The van der Waals surface area contributed by atoms with Crippen molar-refractivity contribution >= 4 is 43.1 Å². The first kappa shape index (κ1) is 23.4. The lowest BCUT2D eigenvalue weighted by Crippen LogP contribution is -2.19. The summed E-state index contributed by atoms with van der Waals surface area (Å²) in [4.78, 5) is 16.1. The van der Waals surface area contributed by atoms with E-state index < -0.39 is 21.8 Å². The lowest BCUT2D eigenvalue weighted by Gasteiger charge is -2.13. The van der Waals surface area contributed by atoms with Gasteiger partial charge in [-0.3, -0.25) is 9.71 Å². The van der Waals surface area contributed by atoms with Gasteiger partial charge in [-0.1, -0.05) is 6.07 Å². The van der Waals surface area contributed by atoms with Gasteiger partial charge in [-0.2, -0.15) is 5.10 Å². The summed E-state index contributed by atoms with van der Waals surface area (Å²) in [5.74, 6) is -1.67. The second-order valence-corrected chi connectivity index (χ2v) is 11.1. The van der Waals surface area contributed by atoms with Crippen molar-refractivity contribution < 1.29 is 22.7 Å². The van der Waals surface area contributed by atoms with Crippen LogP contribution in [0.4, 0.5) is 10.1 Å². The number of aromatic nitrogens is 3. The molecule has 0 aliphatic heterocycles. The van der Waals surface area contributed by atoms with Gasteiger partial charge in [-0.05, 0) is 82.6 Å². The van der Waals surface area contributed by atoms with Crippen molar-refractivity contribution in [3.63, 3.8) is 0 Å². The lowest BCUT2D eigenvalue weighted by atomic mass is 10.1. The molecule has 180 valence electrons. The molecule has 1 aromatic carbocycles. The zero-order chi connectivity index (χ0) is 24.7. The highest BCUT2D eigenvalue weighted by Crippen LogP contribution is 2.44. The van der Waals surface area contributed by atoms with E-state index in [4.69, 9.17) is 0 Å². The van der Waals surface area contributed by atoms with Gasteiger partial charge < -0.3 is 5.11 Å². The number of carbonyl (C=O) groups is 1. The Labute approximate surface area is 209 Å². The fraction of sp³-hybridized carbons (Fsp3) is 0.208. The Morgan fingerprint density at radius 3 is 2.60 bits per heavy atom. The minimum atomic E-state index is -3.77. The fourth-order valence-electron chi connectivity index (χ4n) is 4.01. The molecule has 0 spiro atoms. The molecule has 8 nitrogen and oxygen atoms in total. The predicted octanol–water partition coefficient (Wildman–Crippen LogP) is 4.86. The first-order valence-electron chi connectivity index (χ1n) is 10.9. The molecule has 0 unspecified atom stereocenters. The van der Waals surface area contributed by atoms with Crippen molar-refractivity contribution in [3.05, 3.63) is 82.0 Å². The standard InChI is InChI=1S/C24H20BrFN4O4S/c25-18-4-1-14(11-19(18)26)7-10-35(33,34)29-20-13-30-21(12-17(20)15-2-3-15)22(24(31)32)23(28-30)16-5-8-27-9-6-16/h1,4-6,8-9,11-13,15,29H,2-3,7,10H2,(H,31,32). The molecule has 4 aromatic rings. The van der Waals surface area contributed by atoms with Crippen LogP contribution in [0.15, 0.2) is 59.5 Å². The molecule has 0 bridgehead atoms. The minimum Gasteiger partial charge on any atom is -0.478 e. The van der Waals surface area contributed by atoms with Gasteiger partial charge in [0.1, 0.15) is 17.1 Å². The monoisotopic (exact) mass is 558 g/mol. The third kappa shape index (κ3) is 4.92. The van der Waals surface area contributed by atoms with Crippen LogP contribution in [-0.2, 0) is 16.4 Å².